The summed E-state index contributed by atoms with van der Waals surface area (Å²) in [6, 6.07) is 12.3. The van der Waals surface area contributed by atoms with Crippen LogP contribution >= 0.6 is 0 Å². The van der Waals surface area contributed by atoms with E-state index < -0.39 is 29.9 Å². The fraction of sp³-hybridized carbons (Fsp3) is 0.0952. The molecule has 0 atom stereocenters. The van der Waals surface area contributed by atoms with E-state index in [1.807, 2.05) is 0 Å². The zero-order chi connectivity index (χ0) is 19.8. The first kappa shape index (κ1) is 19.7. The van der Waals surface area contributed by atoms with Crippen molar-refractivity contribution < 1.29 is 29.7 Å². The summed E-state index contributed by atoms with van der Waals surface area (Å²) in [6.45, 7) is 0. The molecule has 3 N–H and O–H groups in total. The number of carbonyl (C=O) groups is 3. The van der Waals surface area contributed by atoms with Crippen LogP contribution in [0.15, 0.2) is 60.7 Å². The zero-order valence-electron chi connectivity index (χ0n) is 14.3. The van der Waals surface area contributed by atoms with Gasteiger partial charge in [-0.15, -0.1) is 0 Å². The molecular formula is C21H18O6. The minimum Gasteiger partial charge on any atom is -0.508 e. The van der Waals surface area contributed by atoms with E-state index in [0.717, 1.165) is 12.2 Å². The molecule has 6 nitrogen and oxygen atoms in total. The molecule has 0 aliphatic rings. The van der Waals surface area contributed by atoms with Gasteiger partial charge in [0.05, 0.1) is 12.3 Å². The molecule has 0 unspecified atom stereocenters. The number of aliphatic carboxylic acids is 1. The first-order chi connectivity index (χ1) is 12.8. The molecule has 2 aromatic carbocycles. The van der Waals surface area contributed by atoms with Crippen molar-refractivity contribution in [2.24, 2.45) is 5.92 Å². The quantitative estimate of drug-likeness (QED) is 0.489. The number of benzene rings is 2. The zero-order valence-corrected chi connectivity index (χ0v) is 14.3. The number of allylic oxidation sites excluding steroid dienone is 2. The van der Waals surface area contributed by atoms with Crippen molar-refractivity contribution in [3.63, 3.8) is 0 Å². The number of hydrogen-bond acceptors (Lipinski definition) is 5. The van der Waals surface area contributed by atoms with E-state index in [-0.39, 0.29) is 11.5 Å². The van der Waals surface area contributed by atoms with Crippen LogP contribution in [0, 0.1) is 5.92 Å². The molecule has 0 bridgehead atoms. The summed E-state index contributed by atoms with van der Waals surface area (Å²) in [6.07, 6.45) is 4.43. The molecule has 0 radical (unpaired) electrons. The lowest BCUT2D eigenvalue weighted by molar-refractivity contribution is -0.142. The van der Waals surface area contributed by atoms with Gasteiger partial charge in [0.15, 0.2) is 11.6 Å². The highest BCUT2D eigenvalue weighted by atomic mass is 16.4. The second-order valence-corrected chi connectivity index (χ2v) is 5.81. The molecule has 0 aliphatic heterocycles. The van der Waals surface area contributed by atoms with Crippen LogP contribution in [0.5, 0.6) is 11.5 Å². The van der Waals surface area contributed by atoms with Gasteiger partial charge in [-0.05, 0) is 47.5 Å². The molecule has 0 heterocycles. The van der Waals surface area contributed by atoms with Gasteiger partial charge in [-0.3, -0.25) is 14.4 Å². The molecule has 0 saturated heterocycles. The first-order valence-corrected chi connectivity index (χ1v) is 8.09. The van der Waals surface area contributed by atoms with E-state index in [4.69, 9.17) is 5.11 Å². The average molecular weight is 366 g/mol. The fourth-order valence-electron chi connectivity index (χ4n) is 2.36. The maximum absolute atomic E-state index is 12.3. The van der Waals surface area contributed by atoms with Gasteiger partial charge in [0.25, 0.3) is 0 Å². The number of aromatic hydroxyl groups is 2. The number of rotatable bonds is 8. The Morgan fingerprint density at radius 3 is 1.63 bits per heavy atom. The fourth-order valence-corrected chi connectivity index (χ4v) is 2.36. The second kappa shape index (κ2) is 9.15. The lowest BCUT2D eigenvalue weighted by Crippen LogP contribution is -2.24. The van der Waals surface area contributed by atoms with Crippen LogP contribution in [-0.2, 0) is 14.4 Å². The van der Waals surface area contributed by atoms with Crippen molar-refractivity contribution in [2.75, 3.05) is 0 Å². The monoisotopic (exact) mass is 366 g/mol. The van der Waals surface area contributed by atoms with Crippen molar-refractivity contribution >= 4 is 29.7 Å². The van der Waals surface area contributed by atoms with Crippen molar-refractivity contribution in [3.8, 4) is 11.5 Å². The largest absolute Gasteiger partial charge is 0.508 e. The number of carboxylic acids is 1. The number of hydrogen-bond donors (Lipinski definition) is 3. The van der Waals surface area contributed by atoms with E-state index in [2.05, 4.69) is 0 Å². The molecule has 138 valence electrons. The minimum absolute atomic E-state index is 0.0248. The summed E-state index contributed by atoms with van der Waals surface area (Å²) in [5, 5.41) is 27.8. The topological polar surface area (TPSA) is 112 Å². The highest BCUT2D eigenvalue weighted by Crippen LogP contribution is 2.16. The molecular weight excluding hydrogens is 348 g/mol. The second-order valence-electron chi connectivity index (χ2n) is 5.81. The number of carboxylic acid groups (broad SMARTS) is 1. The Labute approximate surface area is 155 Å². The molecule has 2 rings (SSSR count). The standard InChI is InChI=1S/C21H18O6/c22-16-5-1-3-14(11-16)7-9-19(24)18(13-21(26)27)20(25)10-8-15-4-2-6-17(23)12-15/h1-12,18,22-23H,13H2,(H,26,27)/b9-7+,10-8+. The summed E-state index contributed by atoms with van der Waals surface area (Å²) in [4.78, 5) is 35.7. The van der Waals surface area contributed by atoms with Crippen molar-refractivity contribution in [1.29, 1.82) is 0 Å². The Morgan fingerprint density at radius 1 is 0.815 bits per heavy atom. The third-order valence-electron chi connectivity index (χ3n) is 3.69. The van der Waals surface area contributed by atoms with Crippen LogP contribution in [0.4, 0.5) is 0 Å². The van der Waals surface area contributed by atoms with Crippen molar-refractivity contribution in [2.45, 2.75) is 6.42 Å². The van der Waals surface area contributed by atoms with Crippen LogP contribution in [-0.4, -0.2) is 32.9 Å². The van der Waals surface area contributed by atoms with Crippen LogP contribution in [0.3, 0.4) is 0 Å². The van der Waals surface area contributed by atoms with Crippen molar-refractivity contribution in [1.82, 2.24) is 0 Å². The van der Waals surface area contributed by atoms with E-state index in [1.165, 1.54) is 36.4 Å². The molecule has 2 aromatic rings. The van der Waals surface area contributed by atoms with E-state index in [1.54, 1.807) is 24.3 Å². The number of phenolic OH excluding ortho intramolecular Hbond substituents is 2. The predicted octanol–water partition coefficient (Wildman–Crippen LogP) is 3.05. The van der Waals surface area contributed by atoms with Gasteiger partial charge in [0, 0.05) is 0 Å². The molecule has 0 amide bonds. The predicted molar refractivity (Wildman–Crippen MR) is 100 cm³/mol. The van der Waals surface area contributed by atoms with Gasteiger partial charge in [-0.2, -0.15) is 0 Å². The minimum atomic E-state index is -1.36. The smallest absolute Gasteiger partial charge is 0.304 e. The van der Waals surface area contributed by atoms with Gasteiger partial charge in [-0.1, -0.05) is 36.4 Å². The maximum Gasteiger partial charge on any atom is 0.304 e. The third kappa shape index (κ3) is 6.28. The van der Waals surface area contributed by atoms with Gasteiger partial charge in [0.1, 0.15) is 11.5 Å². The number of carbonyl (C=O) groups excluding carboxylic acids is 2. The highest BCUT2D eigenvalue weighted by Gasteiger charge is 2.25. The SMILES string of the molecule is O=C(O)CC(C(=O)/C=C/c1cccc(O)c1)C(=O)/C=C/c1cccc(O)c1. The van der Waals surface area contributed by atoms with Crippen LogP contribution in [0.25, 0.3) is 12.2 Å². The van der Waals surface area contributed by atoms with E-state index in [0.29, 0.717) is 11.1 Å². The Bertz CT molecular complexity index is 843. The molecule has 0 saturated carbocycles. The normalized spacial score (nSPS) is 11.3. The molecule has 6 heteroatoms. The van der Waals surface area contributed by atoms with Crippen LogP contribution in [0.2, 0.25) is 0 Å². The van der Waals surface area contributed by atoms with E-state index in [9.17, 15) is 24.6 Å². The molecule has 27 heavy (non-hydrogen) atoms. The summed E-state index contributed by atoms with van der Waals surface area (Å²) in [5.41, 5.74) is 1.08. The lowest BCUT2D eigenvalue weighted by Gasteiger charge is -2.07. The number of phenols is 2. The van der Waals surface area contributed by atoms with Crippen molar-refractivity contribution in [3.05, 3.63) is 71.8 Å². The Balaban J connectivity index is 2.16. The third-order valence-corrected chi connectivity index (χ3v) is 3.69. The maximum atomic E-state index is 12.3. The van der Waals surface area contributed by atoms with Gasteiger partial charge >= 0.3 is 5.97 Å². The molecule has 0 aliphatic carbocycles. The summed E-state index contributed by atoms with van der Waals surface area (Å²) >= 11 is 0. The van der Waals surface area contributed by atoms with Gasteiger partial charge in [-0.25, -0.2) is 0 Å². The Morgan fingerprint density at radius 2 is 1.26 bits per heavy atom. The lowest BCUT2D eigenvalue weighted by atomic mass is 9.93. The molecule has 0 aromatic heterocycles. The summed E-state index contributed by atoms with van der Waals surface area (Å²) in [5.74, 6) is -3.87. The van der Waals surface area contributed by atoms with Gasteiger partial charge < -0.3 is 15.3 Å². The Hall–Kier alpha value is -3.67. The average Bonchev–Trinajstić information content (AvgIpc) is 2.62. The van der Waals surface area contributed by atoms with Gasteiger partial charge in [0.2, 0.25) is 0 Å². The summed E-state index contributed by atoms with van der Waals surface area (Å²) in [7, 11) is 0. The van der Waals surface area contributed by atoms with Crippen LogP contribution in [0.1, 0.15) is 17.5 Å². The number of ketones is 2. The summed E-state index contributed by atoms with van der Waals surface area (Å²) < 4.78 is 0. The molecule has 0 spiro atoms. The van der Waals surface area contributed by atoms with E-state index >= 15 is 0 Å². The Kier molecular flexibility index (Phi) is 6.66. The van der Waals surface area contributed by atoms with Crippen LogP contribution < -0.4 is 0 Å². The first-order valence-electron chi connectivity index (χ1n) is 8.09. The highest BCUT2D eigenvalue weighted by molar-refractivity contribution is 6.14. The molecule has 0 fully saturated rings.